The van der Waals surface area contributed by atoms with Crippen molar-refractivity contribution in [1.82, 2.24) is 10.6 Å². The van der Waals surface area contributed by atoms with Crippen molar-refractivity contribution in [2.24, 2.45) is 0 Å². The van der Waals surface area contributed by atoms with Crippen molar-refractivity contribution >= 4 is 5.91 Å². The summed E-state index contributed by atoms with van der Waals surface area (Å²) in [4.78, 5) is 11.7. The summed E-state index contributed by atoms with van der Waals surface area (Å²) in [6.07, 6.45) is 0.870. The minimum Gasteiger partial charge on any atom is -0.378 e. The second-order valence-corrected chi connectivity index (χ2v) is 4.96. The summed E-state index contributed by atoms with van der Waals surface area (Å²) in [5.74, 6) is 0.0187. The third kappa shape index (κ3) is 4.26. The monoisotopic (exact) mass is 244 g/mol. The van der Waals surface area contributed by atoms with E-state index in [4.69, 9.17) is 9.47 Å². The van der Waals surface area contributed by atoms with Crippen LogP contribution in [0.15, 0.2) is 0 Å². The predicted octanol–water partition coefficient (Wildman–Crippen LogP) is 0.295. The number of nitrogens with one attached hydrogen (secondary N) is 2. The van der Waals surface area contributed by atoms with E-state index in [-0.39, 0.29) is 23.6 Å². The van der Waals surface area contributed by atoms with Gasteiger partial charge in [0.15, 0.2) is 0 Å². The highest BCUT2D eigenvalue weighted by Gasteiger charge is 2.35. The van der Waals surface area contributed by atoms with Gasteiger partial charge in [-0.2, -0.15) is 0 Å². The zero-order chi connectivity index (χ0) is 12.9. The van der Waals surface area contributed by atoms with Gasteiger partial charge in [-0.3, -0.25) is 4.79 Å². The largest absolute Gasteiger partial charge is 0.378 e. The fourth-order valence-corrected chi connectivity index (χ4v) is 1.80. The molecule has 1 fully saturated rings. The maximum Gasteiger partial charge on any atom is 0.237 e. The van der Waals surface area contributed by atoms with Crippen molar-refractivity contribution in [2.75, 3.05) is 26.9 Å². The Morgan fingerprint density at radius 2 is 2.18 bits per heavy atom. The van der Waals surface area contributed by atoms with Crippen LogP contribution in [0.5, 0.6) is 0 Å². The zero-order valence-electron chi connectivity index (χ0n) is 11.2. The molecule has 1 aliphatic rings. The Labute approximate surface area is 103 Å². The molecule has 0 aromatic rings. The number of methoxy groups -OCH3 is 1. The molecule has 0 spiro atoms. The highest BCUT2D eigenvalue weighted by Crippen LogP contribution is 2.21. The van der Waals surface area contributed by atoms with Gasteiger partial charge in [0.1, 0.15) is 5.60 Å². The van der Waals surface area contributed by atoms with Crippen molar-refractivity contribution in [3.63, 3.8) is 0 Å². The van der Waals surface area contributed by atoms with Crippen molar-refractivity contribution in [3.05, 3.63) is 0 Å². The lowest BCUT2D eigenvalue weighted by Gasteiger charge is -2.28. The minimum atomic E-state index is -0.271. The molecule has 100 valence electrons. The molecule has 1 amide bonds. The molecule has 0 radical (unpaired) electrons. The molecule has 5 nitrogen and oxygen atoms in total. The van der Waals surface area contributed by atoms with Gasteiger partial charge in [0, 0.05) is 32.7 Å². The Morgan fingerprint density at radius 1 is 1.47 bits per heavy atom. The fourth-order valence-electron chi connectivity index (χ4n) is 1.80. The van der Waals surface area contributed by atoms with Gasteiger partial charge in [-0.15, -0.1) is 0 Å². The molecule has 0 aromatic carbocycles. The average Bonchev–Trinajstić information content (AvgIpc) is 2.74. The van der Waals surface area contributed by atoms with Crippen molar-refractivity contribution in [1.29, 1.82) is 0 Å². The van der Waals surface area contributed by atoms with Gasteiger partial charge in [-0.25, -0.2) is 0 Å². The summed E-state index contributed by atoms with van der Waals surface area (Å²) in [5, 5.41) is 6.08. The molecule has 2 unspecified atom stereocenters. The molecule has 1 aliphatic heterocycles. The second-order valence-electron chi connectivity index (χ2n) is 4.96. The van der Waals surface area contributed by atoms with Crippen molar-refractivity contribution in [3.8, 4) is 0 Å². The highest BCUT2D eigenvalue weighted by molar-refractivity contribution is 5.81. The number of hydrogen-bond acceptors (Lipinski definition) is 4. The number of rotatable bonds is 6. The summed E-state index contributed by atoms with van der Waals surface area (Å²) >= 11 is 0. The van der Waals surface area contributed by atoms with Crippen LogP contribution in [-0.4, -0.2) is 50.5 Å². The van der Waals surface area contributed by atoms with Gasteiger partial charge in [0.2, 0.25) is 5.91 Å². The minimum absolute atomic E-state index is 0.0187. The van der Waals surface area contributed by atoms with E-state index in [2.05, 4.69) is 10.6 Å². The Kier molecular flexibility index (Phi) is 5.36. The summed E-state index contributed by atoms with van der Waals surface area (Å²) < 4.78 is 10.8. The molecular weight excluding hydrogens is 220 g/mol. The van der Waals surface area contributed by atoms with Crippen LogP contribution in [0.1, 0.15) is 27.2 Å². The van der Waals surface area contributed by atoms with Gasteiger partial charge in [-0.05, 0) is 20.8 Å². The van der Waals surface area contributed by atoms with Crippen LogP contribution in [0, 0.1) is 0 Å². The Hall–Kier alpha value is -0.650. The number of ether oxygens (including phenoxy) is 2. The number of carbonyl (C=O) groups is 1. The number of carbonyl (C=O) groups excluding carboxylic acids is 1. The van der Waals surface area contributed by atoms with E-state index < -0.39 is 0 Å². The summed E-state index contributed by atoms with van der Waals surface area (Å²) in [6.45, 7) is 7.71. The third-order valence-corrected chi connectivity index (χ3v) is 3.05. The molecule has 0 aromatic heterocycles. The maximum absolute atomic E-state index is 11.7. The molecule has 17 heavy (non-hydrogen) atoms. The van der Waals surface area contributed by atoms with E-state index in [1.165, 1.54) is 0 Å². The first-order chi connectivity index (χ1) is 7.99. The Morgan fingerprint density at radius 3 is 2.65 bits per heavy atom. The van der Waals surface area contributed by atoms with Crippen LogP contribution in [-0.2, 0) is 14.3 Å². The molecule has 1 heterocycles. The molecular formula is C12H24N2O3. The summed E-state index contributed by atoms with van der Waals surface area (Å²) in [7, 11) is 1.69. The quantitative estimate of drug-likeness (QED) is 0.705. The molecule has 0 saturated carbocycles. The fraction of sp³-hybridized carbons (Fsp3) is 0.917. The summed E-state index contributed by atoms with van der Waals surface area (Å²) in [5.41, 5.74) is -0.271. The molecule has 2 N–H and O–H groups in total. The van der Waals surface area contributed by atoms with Gasteiger partial charge in [0.05, 0.1) is 12.6 Å². The van der Waals surface area contributed by atoms with E-state index in [1.54, 1.807) is 7.11 Å². The molecule has 5 heteroatoms. The normalized spacial score (nSPS) is 26.2. The lowest BCUT2D eigenvalue weighted by molar-refractivity contribution is -0.123. The average molecular weight is 244 g/mol. The predicted molar refractivity (Wildman–Crippen MR) is 65.9 cm³/mol. The van der Waals surface area contributed by atoms with Gasteiger partial charge >= 0.3 is 0 Å². The maximum atomic E-state index is 11.7. The lowest BCUT2D eigenvalue weighted by Crippen LogP contribution is -2.51. The van der Waals surface area contributed by atoms with Crippen molar-refractivity contribution < 1.29 is 14.3 Å². The van der Waals surface area contributed by atoms with Gasteiger partial charge in [-0.1, -0.05) is 0 Å². The summed E-state index contributed by atoms with van der Waals surface area (Å²) in [6, 6.07) is -0.0528. The van der Waals surface area contributed by atoms with Gasteiger partial charge < -0.3 is 20.1 Å². The van der Waals surface area contributed by atoms with Crippen molar-refractivity contribution in [2.45, 2.75) is 44.9 Å². The first-order valence-electron chi connectivity index (χ1n) is 6.16. The molecule has 0 bridgehead atoms. The van der Waals surface area contributed by atoms with E-state index >= 15 is 0 Å². The second kappa shape index (κ2) is 6.33. The van der Waals surface area contributed by atoms with Crippen LogP contribution in [0.2, 0.25) is 0 Å². The SMILES string of the molecule is COC1(CNC(C)C(=O)NC(C)C)CCOC1. The molecule has 1 saturated heterocycles. The third-order valence-electron chi connectivity index (χ3n) is 3.05. The smallest absolute Gasteiger partial charge is 0.237 e. The van der Waals surface area contributed by atoms with Crippen LogP contribution in [0.4, 0.5) is 0 Å². The Balaban J connectivity index is 2.36. The van der Waals surface area contributed by atoms with Crippen LogP contribution >= 0.6 is 0 Å². The number of hydrogen-bond donors (Lipinski definition) is 2. The van der Waals surface area contributed by atoms with Crippen LogP contribution in [0.3, 0.4) is 0 Å². The Bertz CT molecular complexity index is 250. The molecule has 1 rings (SSSR count). The van der Waals surface area contributed by atoms with E-state index in [9.17, 15) is 4.79 Å². The highest BCUT2D eigenvalue weighted by atomic mass is 16.5. The lowest BCUT2D eigenvalue weighted by atomic mass is 10.0. The van der Waals surface area contributed by atoms with Crippen LogP contribution in [0.25, 0.3) is 0 Å². The van der Waals surface area contributed by atoms with Gasteiger partial charge in [0.25, 0.3) is 0 Å². The topological polar surface area (TPSA) is 59.6 Å². The van der Waals surface area contributed by atoms with E-state index in [0.717, 1.165) is 13.0 Å². The molecule has 2 atom stereocenters. The van der Waals surface area contributed by atoms with Crippen LogP contribution < -0.4 is 10.6 Å². The first kappa shape index (κ1) is 14.4. The van der Waals surface area contributed by atoms with E-state index in [1.807, 2.05) is 20.8 Å². The number of amides is 1. The first-order valence-corrected chi connectivity index (χ1v) is 6.16. The standard InChI is InChI=1S/C12H24N2O3/c1-9(2)14-11(15)10(3)13-7-12(16-4)5-6-17-8-12/h9-10,13H,5-8H2,1-4H3,(H,14,15). The zero-order valence-corrected chi connectivity index (χ0v) is 11.2. The molecule has 0 aliphatic carbocycles. The van der Waals surface area contributed by atoms with E-state index in [0.29, 0.717) is 13.2 Å².